The van der Waals surface area contributed by atoms with E-state index in [9.17, 15) is 13.2 Å². The highest BCUT2D eigenvalue weighted by atomic mass is 32.2. The quantitative estimate of drug-likeness (QED) is 0.907. The fourth-order valence-corrected chi connectivity index (χ4v) is 4.06. The number of nitrogens with one attached hydrogen (secondary N) is 2. The molecule has 0 atom stereocenters. The zero-order valence-corrected chi connectivity index (χ0v) is 13.8. The van der Waals surface area contributed by atoms with Crippen molar-refractivity contribution < 1.29 is 13.2 Å². The normalized spacial score (nSPS) is 14.1. The van der Waals surface area contributed by atoms with Crippen LogP contribution < -0.4 is 10.0 Å². The smallest absolute Gasteiger partial charge is 0.262 e. The molecule has 0 fully saturated rings. The van der Waals surface area contributed by atoms with E-state index < -0.39 is 10.0 Å². The molecule has 2 aromatic rings. The number of aryl methyl sites for hydroxylation is 2. The van der Waals surface area contributed by atoms with Gasteiger partial charge in [0.25, 0.3) is 15.9 Å². The third-order valence-corrected chi connectivity index (χ3v) is 5.45. The van der Waals surface area contributed by atoms with E-state index in [4.69, 9.17) is 0 Å². The van der Waals surface area contributed by atoms with Crippen molar-refractivity contribution in [2.24, 2.45) is 0 Å². The molecule has 6 heteroatoms. The molecule has 23 heavy (non-hydrogen) atoms. The maximum Gasteiger partial charge on any atom is 0.262 e. The van der Waals surface area contributed by atoms with Crippen LogP contribution in [0.25, 0.3) is 0 Å². The topological polar surface area (TPSA) is 75.3 Å². The predicted molar refractivity (Wildman–Crippen MR) is 89.2 cm³/mol. The van der Waals surface area contributed by atoms with Crippen molar-refractivity contribution in [3.63, 3.8) is 0 Å². The van der Waals surface area contributed by atoms with Crippen LogP contribution in [0.3, 0.4) is 0 Å². The highest BCUT2D eigenvalue weighted by Gasteiger charge is 2.20. The summed E-state index contributed by atoms with van der Waals surface area (Å²) in [5.41, 5.74) is 3.54. The van der Waals surface area contributed by atoms with E-state index >= 15 is 0 Å². The van der Waals surface area contributed by atoms with Gasteiger partial charge in [-0.3, -0.25) is 9.52 Å². The largest absolute Gasteiger partial charge is 0.352 e. The first-order valence-electron chi connectivity index (χ1n) is 7.38. The van der Waals surface area contributed by atoms with Gasteiger partial charge in [0.15, 0.2) is 0 Å². The Hall–Kier alpha value is -2.34. The molecule has 0 aromatic heterocycles. The van der Waals surface area contributed by atoms with Gasteiger partial charge in [0.2, 0.25) is 0 Å². The number of benzene rings is 2. The molecular formula is C17H18N2O3S. The van der Waals surface area contributed by atoms with E-state index in [0.717, 1.165) is 17.5 Å². The Bertz CT molecular complexity index is 889. The molecule has 1 heterocycles. The number of carbonyl (C=O) groups excluding carboxylic acids is 1. The van der Waals surface area contributed by atoms with Crippen molar-refractivity contribution in [1.82, 2.24) is 5.32 Å². The molecule has 0 bridgehead atoms. The number of hydrogen-bond donors (Lipinski definition) is 2. The lowest BCUT2D eigenvalue weighted by Crippen LogP contribution is -2.31. The van der Waals surface area contributed by atoms with Crippen molar-refractivity contribution in [2.45, 2.75) is 25.2 Å². The molecule has 5 nitrogen and oxygen atoms in total. The maximum atomic E-state index is 12.6. The van der Waals surface area contributed by atoms with Crippen LogP contribution in [0.2, 0.25) is 0 Å². The second kappa shape index (κ2) is 5.70. The summed E-state index contributed by atoms with van der Waals surface area (Å²) in [6, 6.07) is 10.3. The first-order valence-corrected chi connectivity index (χ1v) is 8.86. The maximum absolute atomic E-state index is 12.6. The lowest BCUT2D eigenvalue weighted by atomic mass is 10.00. The Balaban J connectivity index is 1.95. The van der Waals surface area contributed by atoms with Crippen LogP contribution in [0.1, 0.15) is 27.0 Å². The van der Waals surface area contributed by atoms with Crippen LogP contribution in [0.5, 0.6) is 0 Å². The zero-order chi connectivity index (χ0) is 16.6. The molecule has 1 aliphatic heterocycles. The molecule has 1 aliphatic rings. The van der Waals surface area contributed by atoms with E-state index in [-0.39, 0.29) is 10.8 Å². The minimum absolute atomic E-state index is 0.168. The Morgan fingerprint density at radius 3 is 2.61 bits per heavy atom. The molecule has 120 valence electrons. The molecule has 0 spiro atoms. The molecule has 0 saturated carbocycles. The van der Waals surface area contributed by atoms with Crippen LogP contribution in [0.15, 0.2) is 41.3 Å². The Morgan fingerprint density at radius 2 is 1.87 bits per heavy atom. The summed E-state index contributed by atoms with van der Waals surface area (Å²) in [7, 11) is -3.69. The van der Waals surface area contributed by atoms with Crippen molar-refractivity contribution in [2.75, 3.05) is 11.3 Å². The van der Waals surface area contributed by atoms with Gasteiger partial charge < -0.3 is 5.32 Å². The van der Waals surface area contributed by atoms with Gasteiger partial charge in [-0.2, -0.15) is 0 Å². The van der Waals surface area contributed by atoms with Crippen LogP contribution >= 0.6 is 0 Å². The fourth-order valence-electron chi connectivity index (χ4n) is 2.79. The zero-order valence-electron chi connectivity index (χ0n) is 13.0. The summed E-state index contributed by atoms with van der Waals surface area (Å²) in [6.45, 7) is 4.29. The van der Waals surface area contributed by atoms with Crippen molar-refractivity contribution in [3.05, 3.63) is 58.7 Å². The average Bonchev–Trinajstić information content (AvgIpc) is 2.47. The molecular weight excluding hydrogens is 312 g/mol. The van der Waals surface area contributed by atoms with Gasteiger partial charge in [0.05, 0.1) is 4.90 Å². The first kappa shape index (κ1) is 15.6. The number of rotatable bonds is 3. The van der Waals surface area contributed by atoms with Gasteiger partial charge >= 0.3 is 0 Å². The molecule has 1 amide bonds. The number of hydrogen-bond acceptors (Lipinski definition) is 3. The Kier molecular flexibility index (Phi) is 3.85. The third-order valence-electron chi connectivity index (χ3n) is 3.91. The molecule has 0 unspecified atom stereocenters. The number of carbonyl (C=O) groups is 1. The highest BCUT2D eigenvalue weighted by molar-refractivity contribution is 7.92. The van der Waals surface area contributed by atoms with E-state index in [1.54, 1.807) is 37.3 Å². The average molecular weight is 330 g/mol. The summed E-state index contributed by atoms with van der Waals surface area (Å²) in [5.74, 6) is -0.168. The SMILES string of the molecule is Cc1ccc(S(=O)(=O)Nc2ccc3c(c2)C(=O)NCC3)c(C)c1. The summed E-state index contributed by atoms with van der Waals surface area (Å²) in [5, 5.41) is 2.76. The molecule has 2 N–H and O–H groups in total. The summed E-state index contributed by atoms with van der Waals surface area (Å²) < 4.78 is 27.7. The standard InChI is InChI=1S/C17H18N2O3S/c1-11-3-6-16(12(2)9-11)23(21,22)19-14-5-4-13-7-8-18-17(20)15(13)10-14/h3-6,9-10,19H,7-8H2,1-2H3,(H,18,20). The fraction of sp³-hybridized carbons (Fsp3) is 0.235. The summed E-state index contributed by atoms with van der Waals surface area (Å²) >= 11 is 0. The molecule has 3 rings (SSSR count). The van der Waals surface area contributed by atoms with Crippen LogP contribution in [0.4, 0.5) is 5.69 Å². The van der Waals surface area contributed by atoms with E-state index in [2.05, 4.69) is 10.0 Å². The highest BCUT2D eigenvalue weighted by Crippen LogP contribution is 2.23. The van der Waals surface area contributed by atoms with Gasteiger partial charge in [0, 0.05) is 17.8 Å². The van der Waals surface area contributed by atoms with Crippen LogP contribution in [-0.4, -0.2) is 20.9 Å². The van der Waals surface area contributed by atoms with Crippen molar-refractivity contribution in [3.8, 4) is 0 Å². The van der Waals surface area contributed by atoms with Gasteiger partial charge in [-0.1, -0.05) is 23.8 Å². The number of fused-ring (bicyclic) bond motifs is 1. The molecule has 0 aliphatic carbocycles. The van der Waals surface area contributed by atoms with E-state index in [0.29, 0.717) is 23.4 Å². The minimum Gasteiger partial charge on any atom is -0.352 e. The van der Waals surface area contributed by atoms with Gasteiger partial charge in [-0.05, 0) is 49.6 Å². The van der Waals surface area contributed by atoms with E-state index in [1.807, 2.05) is 13.0 Å². The second-order valence-electron chi connectivity index (χ2n) is 5.75. The monoisotopic (exact) mass is 330 g/mol. The Labute approximate surface area is 135 Å². The summed E-state index contributed by atoms with van der Waals surface area (Å²) in [4.78, 5) is 12.1. The Morgan fingerprint density at radius 1 is 1.09 bits per heavy atom. The summed E-state index contributed by atoms with van der Waals surface area (Å²) in [6.07, 6.45) is 0.755. The second-order valence-corrected chi connectivity index (χ2v) is 7.40. The predicted octanol–water partition coefficient (Wildman–Crippen LogP) is 2.39. The van der Waals surface area contributed by atoms with Crippen molar-refractivity contribution >= 4 is 21.6 Å². The number of sulfonamides is 1. The number of anilines is 1. The number of amides is 1. The van der Waals surface area contributed by atoms with E-state index in [1.165, 1.54) is 0 Å². The van der Waals surface area contributed by atoms with Crippen molar-refractivity contribution in [1.29, 1.82) is 0 Å². The molecule has 2 aromatic carbocycles. The van der Waals surface area contributed by atoms with Crippen LogP contribution in [0, 0.1) is 13.8 Å². The lowest BCUT2D eigenvalue weighted by Gasteiger charge is -2.18. The van der Waals surface area contributed by atoms with Gasteiger partial charge in [0.1, 0.15) is 0 Å². The van der Waals surface area contributed by atoms with Gasteiger partial charge in [-0.15, -0.1) is 0 Å². The first-order chi connectivity index (χ1) is 10.9. The molecule has 0 radical (unpaired) electrons. The lowest BCUT2D eigenvalue weighted by molar-refractivity contribution is 0.0946. The van der Waals surface area contributed by atoms with Gasteiger partial charge in [-0.25, -0.2) is 8.42 Å². The third kappa shape index (κ3) is 3.07. The molecule has 0 saturated heterocycles. The minimum atomic E-state index is -3.69. The van der Waals surface area contributed by atoms with Crippen LogP contribution in [-0.2, 0) is 16.4 Å².